The molecule has 6 heteroatoms. The highest BCUT2D eigenvalue weighted by Gasteiger charge is 2.19. The van der Waals surface area contributed by atoms with Gasteiger partial charge in [0.05, 0.1) is 26.5 Å². The summed E-state index contributed by atoms with van der Waals surface area (Å²) in [5.74, 6) is -0.879. The van der Waals surface area contributed by atoms with Crippen LogP contribution in [-0.2, 0) is 16.7 Å². The molecule has 0 unspecified atom stereocenters. The average Bonchev–Trinajstić information content (AvgIpc) is 2.96. The highest BCUT2D eigenvalue weighted by atomic mass is 19.1. The molecule has 0 radical (unpaired) electrons. The van der Waals surface area contributed by atoms with Crippen molar-refractivity contribution in [2.75, 3.05) is 14.2 Å². The van der Waals surface area contributed by atoms with Gasteiger partial charge in [-0.15, -0.1) is 0 Å². The predicted molar refractivity (Wildman–Crippen MR) is 84.3 cm³/mol. The summed E-state index contributed by atoms with van der Waals surface area (Å²) in [6.07, 6.45) is 1.79. The highest BCUT2D eigenvalue weighted by molar-refractivity contribution is 5.92. The van der Waals surface area contributed by atoms with Crippen molar-refractivity contribution in [1.82, 2.24) is 9.78 Å². The lowest BCUT2D eigenvalue weighted by molar-refractivity contribution is 0.0597. The molecule has 2 rings (SSSR count). The number of benzene rings is 1. The molecule has 0 saturated heterocycles. The van der Waals surface area contributed by atoms with Crippen LogP contribution in [0.3, 0.4) is 0 Å². The second kappa shape index (κ2) is 6.40. The third-order valence-corrected chi connectivity index (χ3v) is 3.52. The number of esters is 1. The highest BCUT2D eigenvalue weighted by Crippen LogP contribution is 2.25. The maximum absolute atomic E-state index is 14.2. The zero-order valence-corrected chi connectivity index (χ0v) is 14.0. The normalized spacial score (nSPS) is 11.4. The molecule has 0 aliphatic rings. The Hall–Kier alpha value is -2.37. The summed E-state index contributed by atoms with van der Waals surface area (Å²) in [4.78, 5) is 11.8. The molecule has 0 bridgehead atoms. The van der Waals surface area contributed by atoms with Crippen LogP contribution in [0.1, 0.15) is 42.4 Å². The minimum Gasteiger partial charge on any atom is -0.496 e. The molecule has 1 heterocycles. The van der Waals surface area contributed by atoms with Gasteiger partial charge >= 0.3 is 5.97 Å². The standard InChI is InChI=1S/C17H21FN2O3/c1-17(2,3)15-6-7-20(19-15)10-11-8-12(16(21)23-5)14(22-4)9-13(11)18/h6-9H,10H2,1-5H3. The van der Waals surface area contributed by atoms with E-state index >= 15 is 0 Å². The van der Waals surface area contributed by atoms with Crippen LogP contribution in [-0.4, -0.2) is 30.0 Å². The fourth-order valence-corrected chi connectivity index (χ4v) is 2.18. The molecule has 124 valence electrons. The van der Waals surface area contributed by atoms with Crippen molar-refractivity contribution in [1.29, 1.82) is 0 Å². The van der Waals surface area contributed by atoms with Gasteiger partial charge in [-0.05, 0) is 12.1 Å². The van der Waals surface area contributed by atoms with Gasteiger partial charge < -0.3 is 9.47 Å². The molecule has 0 amide bonds. The molecular weight excluding hydrogens is 299 g/mol. The van der Waals surface area contributed by atoms with Gasteiger partial charge in [0, 0.05) is 23.2 Å². The van der Waals surface area contributed by atoms with Gasteiger partial charge in [0.2, 0.25) is 0 Å². The van der Waals surface area contributed by atoms with Crippen LogP contribution in [0, 0.1) is 5.82 Å². The van der Waals surface area contributed by atoms with Crippen molar-refractivity contribution >= 4 is 5.97 Å². The fraction of sp³-hybridized carbons (Fsp3) is 0.412. The van der Waals surface area contributed by atoms with E-state index in [0.29, 0.717) is 5.56 Å². The lowest BCUT2D eigenvalue weighted by atomic mass is 9.93. The lowest BCUT2D eigenvalue weighted by Gasteiger charge is -2.14. The number of carbonyl (C=O) groups is 1. The topological polar surface area (TPSA) is 53.4 Å². The number of methoxy groups -OCH3 is 2. The van der Waals surface area contributed by atoms with Crippen LogP contribution < -0.4 is 4.74 Å². The van der Waals surface area contributed by atoms with Crippen molar-refractivity contribution in [3.05, 3.63) is 47.0 Å². The van der Waals surface area contributed by atoms with Crippen LogP contribution in [0.4, 0.5) is 4.39 Å². The van der Waals surface area contributed by atoms with E-state index in [1.807, 2.05) is 6.07 Å². The van der Waals surface area contributed by atoms with E-state index in [4.69, 9.17) is 9.47 Å². The Morgan fingerprint density at radius 3 is 2.52 bits per heavy atom. The maximum atomic E-state index is 14.2. The van der Waals surface area contributed by atoms with Crippen LogP contribution in [0.5, 0.6) is 5.75 Å². The maximum Gasteiger partial charge on any atom is 0.341 e. The fourth-order valence-electron chi connectivity index (χ4n) is 2.18. The molecule has 0 N–H and O–H groups in total. The minimum atomic E-state index is -0.570. The Balaban J connectivity index is 2.36. The number of halogens is 1. The first-order valence-electron chi connectivity index (χ1n) is 7.25. The van der Waals surface area contributed by atoms with Gasteiger partial charge in [0.25, 0.3) is 0 Å². The number of nitrogens with zero attached hydrogens (tertiary/aromatic N) is 2. The van der Waals surface area contributed by atoms with Crippen molar-refractivity contribution in [3.63, 3.8) is 0 Å². The van der Waals surface area contributed by atoms with E-state index in [0.717, 1.165) is 5.69 Å². The van der Waals surface area contributed by atoms with E-state index in [1.165, 1.54) is 26.4 Å². The zero-order valence-electron chi connectivity index (χ0n) is 14.0. The first-order chi connectivity index (χ1) is 10.8. The molecule has 0 aliphatic carbocycles. The van der Waals surface area contributed by atoms with Gasteiger partial charge in [0.1, 0.15) is 17.1 Å². The van der Waals surface area contributed by atoms with E-state index in [-0.39, 0.29) is 23.3 Å². The SMILES string of the molecule is COC(=O)c1cc(Cn2ccc(C(C)(C)C)n2)c(F)cc1OC. The third kappa shape index (κ3) is 3.70. The average molecular weight is 320 g/mol. The van der Waals surface area contributed by atoms with Gasteiger partial charge in [0.15, 0.2) is 0 Å². The summed E-state index contributed by atoms with van der Waals surface area (Å²) in [6, 6.07) is 4.54. The van der Waals surface area contributed by atoms with Gasteiger partial charge in [-0.25, -0.2) is 9.18 Å². The molecule has 5 nitrogen and oxygen atoms in total. The summed E-state index contributed by atoms with van der Waals surface area (Å²) >= 11 is 0. The Morgan fingerprint density at radius 1 is 1.30 bits per heavy atom. The van der Waals surface area contributed by atoms with E-state index in [1.54, 1.807) is 10.9 Å². The summed E-state index contributed by atoms with van der Waals surface area (Å²) in [5.41, 5.74) is 1.37. The summed E-state index contributed by atoms with van der Waals surface area (Å²) in [7, 11) is 2.65. The molecular formula is C17H21FN2O3. The Labute approximate surface area is 135 Å². The smallest absolute Gasteiger partial charge is 0.341 e. The molecule has 2 aromatic rings. The third-order valence-electron chi connectivity index (χ3n) is 3.52. The van der Waals surface area contributed by atoms with Crippen molar-refractivity contribution < 1.29 is 18.7 Å². The first-order valence-corrected chi connectivity index (χ1v) is 7.25. The monoisotopic (exact) mass is 320 g/mol. The number of hydrogen-bond donors (Lipinski definition) is 0. The quantitative estimate of drug-likeness (QED) is 0.812. The van der Waals surface area contributed by atoms with Gasteiger partial charge in [-0.2, -0.15) is 5.10 Å². The van der Waals surface area contributed by atoms with Crippen molar-refractivity contribution in [3.8, 4) is 5.75 Å². The molecule has 23 heavy (non-hydrogen) atoms. The summed E-state index contributed by atoms with van der Waals surface area (Å²) in [5, 5.41) is 4.46. The minimum absolute atomic E-state index is 0.0825. The molecule has 0 spiro atoms. The van der Waals surface area contributed by atoms with Crippen LogP contribution in [0.2, 0.25) is 0 Å². The molecule has 0 fully saturated rings. The number of rotatable bonds is 4. The second-order valence-corrected chi connectivity index (χ2v) is 6.28. The van der Waals surface area contributed by atoms with Crippen LogP contribution >= 0.6 is 0 Å². The lowest BCUT2D eigenvalue weighted by Crippen LogP contribution is -2.13. The van der Waals surface area contributed by atoms with Gasteiger partial charge in [-0.3, -0.25) is 4.68 Å². The molecule has 1 aromatic carbocycles. The van der Waals surface area contributed by atoms with E-state index < -0.39 is 11.8 Å². The summed E-state index contributed by atoms with van der Waals surface area (Å²) in [6.45, 7) is 6.39. The Morgan fingerprint density at radius 2 is 2.00 bits per heavy atom. The van der Waals surface area contributed by atoms with Crippen molar-refractivity contribution in [2.24, 2.45) is 0 Å². The zero-order chi connectivity index (χ0) is 17.2. The number of hydrogen-bond acceptors (Lipinski definition) is 4. The Bertz CT molecular complexity index is 717. The molecule has 0 saturated carbocycles. The Kier molecular flexibility index (Phi) is 4.73. The van der Waals surface area contributed by atoms with E-state index in [9.17, 15) is 9.18 Å². The van der Waals surface area contributed by atoms with Crippen LogP contribution in [0.15, 0.2) is 24.4 Å². The second-order valence-electron chi connectivity index (χ2n) is 6.28. The van der Waals surface area contributed by atoms with Gasteiger partial charge in [-0.1, -0.05) is 20.8 Å². The number of aromatic nitrogens is 2. The molecule has 1 aromatic heterocycles. The van der Waals surface area contributed by atoms with E-state index in [2.05, 4.69) is 25.9 Å². The largest absolute Gasteiger partial charge is 0.496 e. The number of ether oxygens (including phenoxy) is 2. The van der Waals surface area contributed by atoms with Crippen LogP contribution in [0.25, 0.3) is 0 Å². The number of carbonyl (C=O) groups excluding carboxylic acids is 1. The summed E-state index contributed by atoms with van der Waals surface area (Å²) < 4.78 is 25.6. The first kappa shape index (κ1) is 17.0. The predicted octanol–water partition coefficient (Wildman–Crippen LogP) is 3.16. The molecule has 0 atom stereocenters. The van der Waals surface area contributed by atoms with Crippen molar-refractivity contribution in [2.45, 2.75) is 32.7 Å². The molecule has 0 aliphatic heterocycles.